The highest BCUT2D eigenvalue weighted by atomic mass is 35.5. The topological polar surface area (TPSA) is 21.3 Å². The largest absolute Gasteiger partial charge is 0.456 e. The first-order valence-electron chi connectivity index (χ1n) is 7.07. The van der Waals surface area contributed by atoms with Crippen molar-refractivity contribution >= 4 is 11.6 Å². The van der Waals surface area contributed by atoms with Gasteiger partial charge in [-0.1, -0.05) is 23.7 Å². The number of ether oxygens (including phenoxy) is 1. The predicted octanol–water partition coefficient (Wildman–Crippen LogP) is 4.83. The lowest BCUT2D eigenvalue weighted by Crippen LogP contribution is -2.15. The van der Waals surface area contributed by atoms with Crippen LogP contribution in [0.1, 0.15) is 24.0 Å². The van der Waals surface area contributed by atoms with Crippen LogP contribution < -0.4 is 10.1 Å². The highest BCUT2D eigenvalue weighted by Gasteiger charge is 2.20. The zero-order valence-electron chi connectivity index (χ0n) is 11.8. The molecule has 2 nitrogen and oxygen atoms in total. The maximum absolute atomic E-state index is 13.5. The predicted molar refractivity (Wildman–Crippen MR) is 82.5 cm³/mol. The summed E-state index contributed by atoms with van der Waals surface area (Å²) in [7, 11) is 0. The van der Waals surface area contributed by atoms with Gasteiger partial charge >= 0.3 is 0 Å². The van der Waals surface area contributed by atoms with Crippen LogP contribution in [0.25, 0.3) is 0 Å². The number of nitrogens with one attached hydrogen (secondary N) is 1. The van der Waals surface area contributed by atoms with Gasteiger partial charge in [-0.15, -0.1) is 0 Å². The number of benzene rings is 2. The van der Waals surface area contributed by atoms with Crippen LogP contribution in [0.3, 0.4) is 0 Å². The van der Waals surface area contributed by atoms with Gasteiger partial charge in [0.05, 0.1) is 5.02 Å². The van der Waals surface area contributed by atoms with Crippen molar-refractivity contribution in [1.82, 2.24) is 5.32 Å². The van der Waals surface area contributed by atoms with Gasteiger partial charge in [0.2, 0.25) is 0 Å². The van der Waals surface area contributed by atoms with E-state index in [2.05, 4.69) is 5.32 Å². The molecule has 0 unspecified atom stereocenters. The van der Waals surface area contributed by atoms with Gasteiger partial charge in [0, 0.05) is 18.7 Å². The number of hydrogen-bond donors (Lipinski definition) is 1. The highest BCUT2D eigenvalue weighted by molar-refractivity contribution is 6.32. The molecular weight excluding hydrogens is 289 g/mol. The lowest BCUT2D eigenvalue weighted by Gasteiger charge is -2.10. The van der Waals surface area contributed by atoms with Crippen LogP contribution in [-0.4, -0.2) is 6.04 Å². The number of hydrogen-bond acceptors (Lipinski definition) is 2. The van der Waals surface area contributed by atoms with E-state index in [-0.39, 0.29) is 5.82 Å². The monoisotopic (exact) mass is 305 g/mol. The molecule has 1 aliphatic carbocycles. The molecule has 1 aliphatic rings. The molecule has 0 atom stereocenters. The van der Waals surface area contributed by atoms with Crippen LogP contribution >= 0.6 is 11.6 Å². The van der Waals surface area contributed by atoms with Crippen LogP contribution in [0, 0.1) is 12.7 Å². The molecule has 0 bridgehead atoms. The molecule has 3 rings (SSSR count). The summed E-state index contributed by atoms with van der Waals surface area (Å²) >= 11 is 6.23. The van der Waals surface area contributed by atoms with E-state index in [0.29, 0.717) is 28.1 Å². The Morgan fingerprint density at radius 1 is 1.24 bits per heavy atom. The minimum Gasteiger partial charge on any atom is -0.456 e. The van der Waals surface area contributed by atoms with Crippen LogP contribution in [0.4, 0.5) is 4.39 Å². The third-order valence-corrected chi connectivity index (χ3v) is 3.83. The maximum Gasteiger partial charge on any atom is 0.146 e. The van der Waals surface area contributed by atoms with Gasteiger partial charge in [-0.2, -0.15) is 0 Å². The van der Waals surface area contributed by atoms with E-state index in [9.17, 15) is 4.39 Å². The number of aryl methyl sites for hydroxylation is 1. The van der Waals surface area contributed by atoms with Crippen LogP contribution in [0.15, 0.2) is 36.4 Å². The van der Waals surface area contributed by atoms with Crippen molar-refractivity contribution in [2.75, 3.05) is 0 Å². The highest BCUT2D eigenvalue weighted by Crippen LogP contribution is 2.31. The second-order valence-electron chi connectivity index (χ2n) is 5.43. The fourth-order valence-corrected chi connectivity index (χ4v) is 2.29. The van der Waals surface area contributed by atoms with Gasteiger partial charge in [0.25, 0.3) is 0 Å². The Balaban J connectivity index is 1.70. The van der Waals surface area contributed by atoms with Gasteiger partial charge in [-0.3, -0.25) is 0 Å². The van der Waals surface area contributed by atoms with E-state index in [1.165, 1.54) is 18.9 Å². The summed E-state index contributed by atoms with van der Waals surface area (Å²) in [5.74, 6) is 0.702. The molecule has 0 heterocycles. The van der Waals surface area contributed by atoms with Crippen molar-refractivity contribution in [3.63, 3.8) is 0 Å². The Morgan fingerprint density at radius 2 is 2.05 bits per heavy atom. The lowest BCUT2D eigenvalue weighted by molar-refractivity contribution is 0.476. The van der Waals surface area contributed by atoms with Crippen molar-refractivity contribution in [2.24, 2.45) is 0 Å². The molecule has 0 aliphatic heterocycles. The molecule has 4 heteroatoms. The summed E-state index contributed by atoms with van der Waals surface area (Å²) in [6.07, 6.45) is 2.52. The van der Waals surface area contributed by atoms with E-state index in [0.717, 1.165) is 12.1 Å². The summed E-state index contributed by atoms with van der Waals surface area (Å²) in [5.41, 5.74) is 1.71. The SMILES string of the molecule is Cc1ccc(Oc2ccc(CNC3CC3)cc2Cl)cc1F. The Labute approximate surface area is 128 Å². The van der Waals surface area contributed by atoms with Crippen LogP contribution in [0.5, 0.6) is 11.5 Å². The first kappa shape index (κ1) is 14.4. The Hall–Kier alpha value is -1.58. The van der Waals surface area contributed by atoms with Gasteiger partial charge in [-0.05, 0) is 49.1 Å². The second-order valence-corrected chi connectivity index (χ2v) is 5.84. The molecule has 0 spiro atoms. The summed E-state index contributed by atoms with van der Waals surface area (Å²) < 4.78 is 19.2. The van der Waals surface area contributed by atoms with E-state index in [1.807, 2.05) is 18.2 Å². The lowest BCUT2D eigenvalue weighted by atomic mass is 10.2. The average molecular weight is 306 g/mol. The molecule has 0 aromatic heterocycles. The summed E-state index contributed by atoms with van der Waals surface area (Å²) in [4.78, 5) is 0. The normalized spacial score (nSPS) is 14.2. The van der Waals surface area contributed by atoms with E-state index < -0.39 is 0 Å². The summed E-state index contributed by atoms with van der Waals surface area (Å²) in [5, 5.41) is 3.97. The summed E-state index contributed by atoms with van der Waals surface area (Å²) in [6.45, 7) is 2.53. The first-order chi connectivity index (χ1) is 10.1. The molecule has 1 N–H and O–H groups in total. The molecule has 1 fully saturated rings. The van der Waals surface area contributed by atoms with Crippen molar-refractivity contribution in [3.05, 3.63) is 58.4 Å². The smallest absolute Gasteiger partial charge is 0.146 e. The Kier molecular flexibility index (Phi) is 4.13. The molecule has 1 saturated carbocycles. The van der Waals surface area contributed by atoms with Gasteiger partial charge < -0.3 is 10.1 Å². The minimum absolute atomic E-state index is 0.283. The number of rotatable bonds is 5. The standard InChI is InChI=1S/C17H17ClFNO/c1-11-2-6-14(9-16(11)19)21-17-7-3-12(8-15(17)18)10-20-13-4-5-13/h2-3,6-9,13,20H,4-5,10H2,1H3. The second kappa shape index (κ2) is 6.04. The van der Waals surface area contributed by atoms with Crippen LogP contribution in [-0.2, 0) is 6.54 Å². The molecule has 2 aromatic rings. The third kappa shape index (κ3) is 3.74. The summed E-state index contributed by atoms with van der Waals surface area (Å²) in [6, 6.07) is 11.1. The first-order valence-corrected chi connectivity index (χ1v) is 7.45. The molecule has 0 radical (unpaired) electrons. The molecule has 0 saturated heterocycles. The van der Waals surface area contributed by atoms with Crippen molar-refractivity contribution in [2.45, 2.75) is 32.4 Å². The molecule has 110 valence electrons. The molecular formula is C17H17ClFNO. The van der Waals surface area contributed by atoms with E-state index >= 15 is 0 Å². The van der Waals surface area contributed by atoms with Crippen molar-refractivity contribution in [3.8, 4) is 11.5 Å². The molecule has 2 aromatic carbocycles. The van der Waals surface area contributed by atoms with E-state index in [4.69, 9.17) is 16.3 Å². The minimum atomic E-state index is -0.283. The van der Waals surface area contributed by atoms with Gasteiger partial charge in [-0.25, -0.2) is 4.39 Å². The Bertz CT molecular complexity index is 655. The average Bonchev–Trinajstić information content (AvgIpc) is 3.27. The van der Waals surface area contributed by atoms with Crippen molar-refractivity contribution < 1.29 is 9.13 Å². The zero-order chi connectivity index (χ0) is 14.8. The number of halogens is 2. The quantitative estimate of drug-likeness (QED) is 0.854. The van der Waals surface area contributed by atoms with Gasteiger partial charge in [0.1, 0.15) is 17.3 Å². The van der Waals surface area contributed by atoms with E-state index in [1.54, 1.807) is 19.1 Å². The van der Waals surface area contributed by atoms with Crippen LogP contribution in [0.2, 0.25) is 5.02 Å². The third-order valence-electron chi connectivity index (χ3n) is 3.54. The fourth-order valence-electron chi connectivity index (χ4n) is 2.05. The zero-order valence-corrected chi connectivity index (χ0v) is 12.6. The maximum atomic E-state index is 13.5. The Morgan fingerprint density at radius 3 is 2.71 bits per heavy atom. The molecule has 0 amide bonds. The van der Waals surface area contributed by atoms with Crippen molar-refractivity contribution in [1.29, 1.82) is 0 Å². The fraction of sp³-hybridized carbons (Fsp3) is 0.294. The molecule has 21 heavy (non-hydrogen) atoms. The van der Waals surface area contributed by atoms with Gasteiger partial charge in [0.15, 0.2) is 0 Å².